The number of sulfone groups is 1. The van der Waals surface area contributed by atoms with E-state index in [0.717, 1.165) is 0 Å². The smallest absolute Gasteiger partial charge is 0.322 e. The Morgan fingerprint density at radius 3 is 2.41 bits per heavy atom. The zero-order chi connectivity index (χ0) is 13.5. The van der Waals surface area contributed by atoms with E-state index in [1.165, 1.54) is 13.4 Å². The van der Waals surface area contributed by atoms with Crippen molar-refractivity contribution in [1.82, 2.24) is 10.2 Å². The van der Waals surface area contributed by atoms with Gasteiger partial charge in [-0.15, -0.1) is 0 Å². The number of methoxy groups -OCH3 is 1. The van der Waals surface area contributed by atoms with E-state index < -0.39 is 9.84 Å². The average Bonchev–Trinajstić information content (AvgIpc) is 2.25. The van der Waals surface area contributed by atoms with Crippen molar-refractivity contribution in [3.63, 3.8) is 0 Å². The van der Waals surface area contributed by atoms with Crippen LogP contribution in [0.3, 0.4) is 0 Å². The minimum absolute atomic E-state index is 0.131. The number of likely N-dealkylation sites (N-methyl/N-ethyl adjacent to an activating group) is 1. The van der Waals surface area contributed by atoms with Crippen LogP contribution in [0, 0.1) is 0 Å². The molecule has 0 fully saturated rings. The van der Waals surface area contributed by atoms with Crippen molar-refractivity contribution in [2.24, 2.45) is 0 Å². The SMILES string of the molecule is CNC(CCN(C)CCS(C)(=O)=O)C(=O)OC. The van der Waals surface area contributed by atoms with Crippen molar-refractivity contribution in [1.29, 1.82) is 0 Å². The summed E-state index contributed by atoms with van der Waals surface area (Å²) in [5, 5.41) is 2.86. The lowest BCUT2D eigenvalue weighted by molar-refractivity contribution is -0.143. The minimum atomic E-state index is -2.93. The van der Waals surface area contributed by atoms with Gasteiger partial charge in [-0.05, 0) is 27.1 Å². The molecule has 0 aliphatic rings. The van der Waals surface area contributed by atoms with Gasteiger partial charge in [-0.1, -0.05) is 0 Å². The van der Waals surface area contributed by atoms with Gasteiger partial charge in [0.15, 0.2) is 0 Å². The van der Waals surface area contributed by atoms with Crippen LogP contribution in [-0.4, -0.2) is 71.6 Å². The third-order valence-corrected chi connectivity index (χ3v) is 3.40. The van der Waals surface area contributed by atoms with Gasteiger partial charge in [0.05, 0.1) is 12.9 Å². The second kappa shape index (κ2) is 7.62. The first-order chi connectivity index (χ1) is 7.80. The highest BCUT2D eigenvalue weighted by atomic mass is 32.2. The normalized spacial score (nSPS) is 13.7. The number of nitrogens with zero attached hydrogens (tertiary/aromatic N) is 1. The molecule has 0 aliphatic heterocycles. The molecule has 1 unspecified atom stereocenters. The van der Waals surface area contributed by atoms with Crippen LogP contribution >= 0.6 is 0 Å². The number of rotatable bonds is 8. The molecule has 0 saturated carbocycles. The van der Waals surface area contributed by atoms with E-state index in [9.17, 15) is 13.2 Å². The summed E-state index contributed by atoms with van der Waals surface area (Å²) >= 11 is 0. The lowest BCUT2D eigenvalue weighted by atomic mass is 10.2. The van der Waals surface area contributed by atoms with E-state index in [2.05, 4.69) is 10.1 Å². The maximum absolute atomic E-state index is 11.3. The summed E-state index contributed by atoms with van der Waals surface area (Å²) in [6, 6.07) is -0.347. The van der Waals surface area contributed by atoms with Crippen LogP contribution in [0.1, 0.15) is 6.42 Å². The van der Waals surface area contributed by atoms with Crippen LogP contribution in [0.2, 0.25) is 0 Å². The molecule has 0 amide bonds. The summed E-state index contributed by atoms with van der Waals surface area (Å²) in [4.78, 5) is 13.2. The van der Waals surface area contributed by atoms with Crippen LogP contribution < -0.4 is 5.32 Å². The summed E-state index contributed by atoms with van der Waals surface area (Å²) in [6.45, 7) is 1.10. The highest BCUT2D eigenvalue weighted by Gasteiger charge is 2.17. The lowest BCUT2D eigenvalue weighted by Crippen LogP contribution is -2.38. The molecule has 0 aromatic heterocycles. The van der Waals surface area contributed by atoms with Crippen LogP contribution in [0.5, 0.6) is 0 Å². The maximum atomic E-state index is 11.3. The van der Waals surface area contributed by atoms with E-state index in [0.29, 0.717) is 19.5 Å². The number of ether oxygens (including phenoxy) is 1. The van der Waals surface area contributed by atoms with E-state index in [-0.39, 0.29) is 17.8 Å². The molecule has 6 nitrogen and oxygen atoms in total. The number of carbonyl (C=O) groups is 1. The Kier molecular flexibility index (Phi) is 7.33. The van der Waals surface area contributed by atoms with Crippen LogP contribution in [-0.2, 0) is 19.4 Å². The van der Waals surface area contributed by atoms with Crippen LogP contribution in [0.4, 0.5) is 0 Å². The Balaban J connectivity index is 3.97. The highest BCUT2D eigenvalue weighted by Crippen LogP contribution is 1.97. The second-order valence-electron chi connectivity index (χ2n) is 4.09. The molecule has 1 atom stereocenters. The predicted octanol–water partition coefficient (Wildman–Crippen LogP) is -0.886. The van der Waals surface area contributed by atoms with Gasteiger partial charge in [-0.3, -0.25) is 4.79 Å². The maximum Gasteiger partial charge on any atom is 0.322 e. The van der Waals surface area contributed by atoms with Crippen molar-refractivity contribution in [3.05, 3.63) is 0 Å². The Morgan fingerprint density at radius 1 is 1.41 bits per heavy atom. The fourth-order valence-corrected chi connectivity index (χ4v) is 1.95. The van der Waals surface area contributed by atoms with Gasteiger partial charge in [0, 0.05) is 12.8 Å². The van der Waals surface area contributed by atoms with E-state index in [1.54, 1.807) is 7.05 Å². The van der Waals surface area contributed by atoms with E-state index >= 15 is 0 Å². The summed E-state index contributed by atoms with van der Waals surface area (Å²) in [5.74, 6) is -0.171. The molecular weight excluding hydrogens is 244 g/mol. The molecule has 0 spiro atoms. The molecule has 0 saturated heterocycles. The zero-order valence-electron chi connectivity index (χ0n) is 10.9. The summed E-state index contributed by atoms with van der Waals surface area (Å²) in [7, 11) is 1.94. The molecule has 0 radical (unpaired) electrons. The first-order valence-corrected chi connectivity index (χ1v) is 7.47. The van der Waals surface area contributed by atoms with Gasteiger partial charge in [-0.2, -0.15) is 0 Å². The number of carbonyl (C=O) groups excluding carboxylic acids is 1. The highest BCUT2D eigenvalue weighted by molar-refractivity contribution is 7.90. The molecule has 0 heterocycles. The topological polar surface area (TPSA) is 75.7 Å². The van der Waals surface area contributed by atoms with Gasteiger partial charge in [0.25, 0.3) is 0 Å². The number of esters is 1. The molecule has 0 rings (SSSR count). The van der Waals surface area contributed by atoms with E-state index in [4.69, 9.17) is 0 Å². The number of hydrogen-bond donors (Lipinski definition) is 1. The molecule has 0 aliphatic carbocycles. The average molecular weight is 266 g/mol. The monoisotopic (exact) mass is 266 g/mol. The Labute approximate surface area is 103 Å². The van der Waals surface area contributed by atoms with Crippen LogP contribution in [0.15, 0.2) is 0 Å². The lowest BCUT2D eigenvalue weighted by Gasteiger charge is -2.19. The largest absolute Gasteiger partial charge is 0.468 e. The van der Waals surface area contributed by atoms with Crippen LogP contribution in [0.25, 0.3) is 0 Å². The number of hydrogen-bond acceptors (Lipinski definition) is 6. The predicted molar refractivity (Wildman–Crippen MR) is 66.7 cm³/mol. The van der Waals surface area contributed by atoms with E-state index in [1.807, 2.05) is 11.9 Å². The first kappa shape index (κ1) is 16.3. The molecule has 0 aromatic carbocycles. The van der Waals surface area contributed by atoms with Crippen molar-refractivity contribution >= 4 is 15.8 Å². The standard InChI is InChI=1S/C10H22N2O4S/c1-11-9(10(13)16-3)5-6-12(2)7-8-17(4,14)15/h9,11H,5-8H2,1-4H3. The third kappa shape index (κ3) is 8.12. The minimum Gasteiger partial charge on any atom is -0.468 e. The molecule has 102 valence electrons. The Morgan fingerprint density at radius 2 is 2.00 bits per heavy atom. The summed E-state index contributed by atoms with van der Waals surface area (Å²) < 4.78 is 26.6. The molecule has 1 N–H and O–H groups in total. The Bertz CT molecular complexity index is 329. The zero-order valence-corrected chi connectivity index (χ0v) is 11.7. The van der Waals surface area contributed by atoms with Gasteiger partial charge in [0.1, 0.15) is 15.9 Å². The van der Waals surface area contributed by atoms with Gasteiger partial charge < -0.3 is 15.0 Å². The van der Waals surface area contributed by atoms with Gasteiger partial charge in [-0.25, -0.2) is 8.42 Å². The second-order valence-corrected chi connectivity index (χ2v) is 6.35. The molecule has 0 aromatic rings. The molecular formula is C10H22N2O4S. The third-order valence-electron chi connectivity index (χ3n) is 2.48. The van der Waals surface area contributed by atoms with Crippen molar-refractivity contribution in [3.8, 4) is 0 Å². The van der Waals surface area contributed by atoms with Gasteiger partial charge >= 0.3 is 5.97 Å². The summed E-state index contributed by atoms with van der Waals surface area (Å²) in [6.07, 6.45) is 1.80. The summed E-state index contributed by atoms with van der Waals surface area (Å²) in [5.41, 5.74) is 0. The van der Waals surface area contributed by atoms with Crippen molar-refractivity contribution < 1.29 is 17.9 Å². The fourth-order valence-electron chi connectivity index (χ4n) is 1.31. The van der Waals surface area contributed by atoms with Crippen molar-refractivity contribution in [2.45, 2.75) is 12.5 Å². The molecule has 0 bridgehead atoms. The molecule has 17 heavy (non-hydrogen) atoms. The molecule has 7 heteroatoms. The first-order valence-electron chi connectivity index (χ1n) is 5.41. The van der Waals surface area contributed by atoms with Gasteiger partial charge in [0.2, 0.25) is 0 Å². The Hall–Kier alpha value is -0.660. The quantitative estimate of drug-likeness (QED) is 0.575. The van der Waals surface area contributed by atoms with Crippen molar-refractivity contribution in [2.75, 3.05) is 46.3 Å². The number of nitrogens with one attached hydrogen (secondary N) is 1. The fraction of sp³-hybridized carbons (Fsp3) is 0.900.